The molecule has 0 aromatic heterocycles. The van der Waals surface area contributed by atoms with Gasteiger partial charge in [0.05, 0.1) is 25.4 Å². The van der Waals surface area contributed by atoms with Crippen LogP contribution in [0.3, 0.4) is 0 Å². The number of unbranched alkanes of at least 4 members (excludes halogenated alkanes) is 35. The van der Waals surface area contributed by atoms with E-state index in [-0.39, 0.29) is 18.5 Å². The Bertz CT molecular complexity index is 1010. The molecular weight excluding hydrogens is 767 g/mol. The lowest BCUT2D eigenvalue weighted by Crippen LogP contribution is -2.45. The molecule has 0 bridgehead atoms. The molecule has 0 aliphatic carbocycles. The SMILES string of the molecule is CCCC/C=C\CCCCCCCC(=O)OCCCCCCCCCC/C=C\CCCCCCCCCC(=O)NC(CO)C(O)/C=C/CCCCCCCCCCCCCCC. The van der Waals surface area contributed by atoms with Gasteiger partial charge < -0.3 is 20.3 Å². The molecule has 0 fully saturated rings. The molecule has 0 saturated heterocycles. The monoisotopic (exact) mass is 872 g/mol. The van der Waals surface area contributed by atoms with E-state index in [0.717, 1.165) is 51.4 Å². The van der Waals surface area contributed by atoms with E-state index in [0.29, 0.717) is 19.4 Å². The predicted molar refractivity (Wildman–Crippen MR) is 269 cm³/mol. The number of hydrogen-bond donors (Lipinski definition) is 3. The average Bonchev–Trinajstić information content (AvgIpc) is 3.27. The number of carbonyl (C=O) groups excluding carboxylic acids is 2. The van der Waals surface area contributed by atoms with Gasteiger partial charge in [0.2, 0.25) is 5.91 Å². The Labute approximate surface area is 385 Å². The largest absolute Gasteiger partial charge is 0.466 e. The number of ether oxygens (including phenoxy) is 1. The van der Waals surface area contributed by atoms with Crippen LogP contribution in [-0.4, -0.2) is 47.4 Å². The average molecular weight is 872 g/mol. The number of rotatable bonds is 50. The Hall–Kier alpha value is -1.92. The van der Waals surface area contributed by atoms with Crippen LogP contribution in [0.5, 0.6) is 0 Å². The van der Waals surface area contributed by atoms with Gasteiger partial charge in [-0.05, 0) is 77.0 Å². The second-order valence-electron chi connectivity index (χ2n) is 18.5. The molecule has 0 aliphatic rings. The fourth-order valence-corrected chi connectivity index (χ4v) is 8.14. The Kier molecular flexibility index (Phi) is 50.1. The Balaban J connectivity index is 3.49. The van der Waals surface area contributed by atoms with Crippen LogP contribution in [-0.2, 0) is 14.3 Å². The first-order chi connectivity index (χ1) is 30.5. The maximum atomic E-state index is 12.4. The molecule has 3 N–H and O–H groups in total. The summed E-state index contributed by atoms with van der Waals surface area (Å²) in [5.74, 6) is -0.0862. The lowest BCUT2D eigenvalue weighted by Gasteiger charge is -2.20. The molecule has 6 nitrogen and oxygen atoms in total. The first-order valence-electron chi connectivity index (χ1n) is 27.3. The second kappa shape index (κ2) is 51.7. The molecule has 0 heterocycles. The molecule has 0 radical (unpaired) electrons. The summed E-state index contributed by atoms with van der Waals surface area (Å²) in [6.07, 6.45) is 63.0. The highest BCUT2D eigenvalue weighted by molar-refractivity contribution is 5.76. The van der Waals surface area contributed by atoms with Gasteiger partial charge in [0.1, 0.15) is 0 Å². The van der Waals surface area contributed by atoms with Crippen LogP contribution >= 0.6 is 0 Å². The summed E-state index contributed by atoms with van der Waals surface area (Å²) in [6.45, 7) is 4.85. The maximum Gasteiger partial charge on any atom is 0.305 e. The number of nitrogens with one attached hydrogen (secondary N) is 1. The molecule has 1 amide bonds. The quantitative estimate of drug-likeness (QED) is 0.0321. The van der Waals surface area contributed by atoms with E-state index in [9.17, 15) is 19.8 Å². The third kappa shape index (κ3) is 47.6. The van der Waals surface area contributed by atoms with Crippen LogP contribution in [0.4, 0.5) is 0 Å². The number of aliphatic hydroxyl groups is 2. The summed E-state index contributed by atoms with van der Waals surface area (Å²) >= 11 is 0. The minimum Gasteiger partial charge on any atom is -0.466 e. The number of hydrogen-bond acceptors (Lipinski definition) is 5. The zero-order valence-electron chi connectivity index (χ0n) is 41.4. The highest BCUT2D eigenvalue weighted by atomic mass is 16.5. The zero-order chi connectivity index (χ0) is 45.1. The van der Waals surface area contributed by atoms with E-state index in [1.54, 1.807) is 6.08 Å². The summed E-state index contributed by atoms with van der Waals surface area (Å²) in [5, 5.41) is 23.1. The standard InChI is InChI=1S/C56H105NO5/c1-3-5-7-9-11-13-15-16-22-25-29-32-36-40-44-48-54(59)53(52-58)57-55(60)49-45-41-37-33-30-26-23-20-18-17-19-21-24-27-31-35-39-43-47-51-62-56(61)50-46-42-38-34-28-14-12-10-8-6-4-2/h10,12,17-18,44,48,53-54,58-59H,3-9,11,13-16,19-43,45-47,49-52H2,1-2H3,(H,57,60)/b12-10-,18-17-,48-44+. The zero-order valence-corrected chi connectivity index (χ0v) is 41.4. The Morgan fingerprint density at radius 3 is 1.19 bits per heavy atom. The predicted octanol–water partition coefficient (Wildman–Crippen LogP) is 16.5. The highest BCUT2D eigenvalue weighted by Crippen LogP contribution is 2.15. The van der Waals surface area contributed by atoms with Crippen molar-refractivity contribution >= 4 is 11.9 Å². The summed E-state index contributed by atoms with van der Waals surface area (Å²) in [5.41, 5.74) is 0. The molecule has 0 spiro atoms. The van der Waals surface area contributed by atoms with Crippen LogP contribution in [0.15, 0.2) is 36.5 Å². The maximum absolute atomic E-state index is 12.4. The van der Waals surface area contributed by atoms with Gasteiger partial charge in [-0.25, -0.2) is 0 Å². The van der Waals surface area contributed by atoms with Gasteiger partial charge in [-0.3, -0.25) is 9.59 Å². The van der Waals surface area contributed by atoms with E-state index in [4.69, 9.17) is 4.74 Å². The van der Waals surface area contributed by atoms with Crippen molar-refractivity contribution in [1.29, 1.82) is 0 Å². The molecule has 2 atom stereocenters. The molecule has 6 heteroatoms. The van der Waals surface area contributed by atoms with Gasteiger partial charge >= 0.3 is 5.97 Å². The molecular formula is C56H105NO5. The minimum absolute atomic E-state index is 0.00842. The minimum atomic E-state index is -0.850. The van der Waals surface area contributed by atoms with Crippen molar-refractivity contribution in [2.45, 2.75) is 296 Å². The molecule has 0 aliphatic heterocycles. The number of allylic oxidation sites excluding steroid dienone is 5. The van der Waals surface area contributed by atoms with Gasteiger partial charge in [0.15, 0.2) is 0 Å². The smallest absolute Gasteiger partial charge is 0.305 e. The van der Waals surface area contributed by atoms with Crippen molar-refractivity contribution in [3.63, 3.8) is 0 Å². The van der Waals surface area contributed by atoms with Gasteiger partial charge in [0, 0.05) is 12.8 Å². The van der Waals surface area contributed by atoms with Gasteiger partial charge in [-0.1, -0.05) is 230 Å². The molecule has 0 rings (SSSR count). The van der Waals surface area contributed by atoms with Crippen LogP contribution < -0.4 is 5.32 Å². The molecule has 2 unspecified atom stereocenters. The van der Waals surface area contributed by atoms with Crippen LogP contribution in [0.1, 0.15) is 284 Å². The topological polar surface area (TPSA) is 95.9 Å². The normalized spacial score (nSPS) is 12.9. The van der Waals surface area contributed by atoms with E-state index in [1.165, 1.54) is 205 Å². The molecule has 0 aromatic rings. The van der Waals surface area contributed by atoms with Gasteiger partial charge in [0.25, 0.3) is 0 Å². The first kappa shape index (κ1) is 60.1. The van der Waals surface area contributed by atoms with Crippen molar-refractivity contribution in [2.24, 2.45) is 0 Å². The molecule has 0 saturated carbocycles. The number of carbonyl (C=O) groups is 2. The molecule has 364 valence electrons. The van der Waals surface area contributed by atoms with Crippen molar-refractivity contribution in [3.8, 4) is 0 Å². The van der Waals surface area contributed by atoms with E-state index < -0.39 is 12.1 Å². The second-order valence-corrected chi connectivity index (χ2v) is 18.5. The van der Waals surface area contributed by atoms with Gasteiger partial charge in [-0.15, -0.1) is 0 Å². The summed E-state index contributed by atoms with van der Waals surface area (Å²) < 4.78 is 5.44. The Morgan fingerprint density at radius 2 is 0.774 bits per heavy atom. The van der Waals surface area contributed by atoms with E-state index in [1.807, 2.05) is 6.08 Å². The van der Waals surface area contributed by atoms with Crippen molar-refractivity contribution in [3.05, 3.63) is 36.5 Å². The molecule has 0 aromatic carbocycles. The lowest BCUT2D eigenvalue weighted by molar-refractivity contribution is -0.143. The number of aliphatic hydroxyl groups excluding tert-OH is 2. The highest BCUT2D eigenvalue weighted by Gasteiger charge is 2.18. The Morgan fingerprint density at radius 1 is 0.435 bits per heavy atom. The van der Waals surface area contributed by atoms with E-state index >= 15 is 0 Å². The summed E-state index contributed by atoms with van der Waals surface area (Å²) in [4.78, 5) is 24.4. The van der Waals surface area contributed by atoms with Gasteiger partial charge in [-0.2, -0.15) is 0 Å². The van der Waals surface area contributed by atoms with Crippen molar-refractivity contribution in [2.75, 3.05) is 13.2 Å². The lowest BCUT2D eigenvalue weighted by atomic mass is 10.0. The van der Waals surface area contributed by atoms with Crippen LogP contribution in [0, 0.1) is 0 Å². The first-order valence-corrected chi connectivity index (χ1v) is 27.3. The number of esters is 1. The van der Waals surface area contributed by atoms with Crippen LogP contribution in [0.25, 0.3) is 0 Å². The fourth-order valence-electron chi connectivity index (χ4n) is 8.14. The number of amides is 1. The third-order valence-electron chi connectivity index (χ3n) is 12.4. The molecule has 62 heavy (non-hydrogen) atoms. The van der Waals surface area contributed by atoms with Crippen LogP contribution in [0.2, 0.25) is 0 Å². The third-order valence-corrected chi connectivity index (χ3v) is 12.4. The van der Waals surface area contributed by atoms with E-state index in [2.05, 4.69) is 43.5 Å². The van der Waals surface area contributed by atoms with Crippen molar-refractivity contribution < 1.29 is 24.5 Å². The summed E-state index contributed by atoms with van der Waals surface area (Å²) in [6, 6.07) is -0.635. The fraction of sp³-hybridized carbons (Fsp3) is 0.857. The van der Waals surface area contributed by atoms with Crippen molar-refractivity contribution in [1.82, 2.24) is 5.32 Å². The summed E-state index contributed by atoms with van der Waals surface area (Å²) in [7, 11) is 0.